The third-order valence-corrected chi connectivity index (χ3v) is 2.30. The maximum absolute atomic E-state index is 10.9. The molecule has 70 valence electrons. The molecule has 1 aliphatic heterocycles. The van der Waals surface area contributed by atoms with E-state index in [0.717, 1.165) is 19.5 Å². The quantitative estimate of drug-likeness (QED) is 0.650. The lowest BCUT2D eigenvalue weighted by Gasteiger charge is -2.09. The van der Waals surface area contributed by atoms with E-state index in [1.54, 1.807) is 0 Å². The summed E-state index contributed by atoms with van der Waals surface area (Å²) in [6, 6.07) is 0.641. The van der Waals surface area contributed by atoms with Crippen LogP contribution in [0.5, 0.6) is 0 Å². The summed E-state index contributed by atoms with van der Waals surface area (Å²) in [5.74, 6) is 0.160. The molecule has 0 spiro atoms. The molecule has 12 heavy (non-hydrogen) atoms. The van der Waals surface area contributed by atoms with Gasteiger partial charge in [0.1, 0.15) is 0 Å². The van der Waals surface area contributed by atoms with Crippen LogP contribution < -0.4 is 10.6 Å². The number of amides is 1. The maximum Gasteiger partial charge on any atom is 0.219 e. The molecule has 0 unspecified atom stereocenters. The summed E-state index contributed by atoms with van der Waals surface area (Å²) in [5.41, 5.74) is 0. The SMILES string of the molecule is CCC(=O)NCC[C@@H]1CCCN1. The minimum absolute atomic E-state index is 0.160. The number of hydrogen-bond acceptors (Lipinski definition) is 2. The number of hydrogen-bond donors (Lipinski definition) is 2. The van der Waals surface area contributed by atoms with Crippen LogP contribution in [0.1, 0.15) is 32.6 Å². The van der Waals surface area contributed by atoms with Crippen LogP contribution in [0.4, 0.5) is 0 Å². The highest BCUT2D eigenvalue weighted by atomic mass is 16.1. The fourth-order valence-corrected chi connectivity index (χ4v) is 1.51. The van der Waals surface area contributed by atoms with Gasteiger partial charge in [-0.3, -0.25) is 4.79 Å². The Kier molecular flexibility index (Phi) is 4.08. The molecule has 1 aliphatic rings. The van der Waals surface area contributed by atoms with Crippen LogP contribution in [0, 0.1) is 0 Å². The van der Waals surface area contributed by atoms with E-state index in [9.17, 15) is 4.79 Å². The Morgan fingerprint density at radius 2 is 2.50 bits per heavy atom. The van der Waals surface area contributed by atoms with E-state index in [1.165, 1.54) is 12.8 Å². The number of rotatable bonds is 4. The molecule has 0 aliphatic carbocycles. The van der Waals surface area contributed by atoms with Crippen molar-refractivity contribution in [2.75, 3.05) is 13.1 Å². The summed E-state index contributed by atoms with van der Waals surface area (Å²) in [6.07, 6.45) is 4.22. The van der Waals surface area contributed by atoms with Gasteiger partial charge < -0.3 is 10.6 Å². The molecule has 0 bridgehead atoms. The molecule has 1 saturated heterocycles. The van der Waals surface area contributed by atoms with Gasteiger partial charge in [0.25, 0.3) is 0 Å². The monoisotopic (exact) mass is 170 g/mol. The molecule has 0 aromatic carbocycles. The van der Waals surface area contributed by atoms with Crippen LogP contribution in [0.25, 0.3) is 0 Å². The lowest BCUT2D eigenvalue weighted by Crippen LogP contribution is -2.30. The third-order valence-electron chi connectivity index (χ3n) is 2.30. The van der Waals surface area contributed by atoms with Crippen LogP contribution in [-0.2, 0) is 4.79 Å². The Morgan fingerprint density at radius 1 is 1.67 bits per heavy atom. The summed E-state index contributed by atoms with van der Waals surface area (Å²) in [6.45, 7) is 3.85. The van der Waals surface area contributed by atoms with E-state index in [1.807, 2.05) is 6.92 Å². The number of carbonyl (C=O) groups excluding carboxylic acids is 1. The highest BCUT2D eigenvalue weighted by Gasteiger charge is 2.12. The van der Waals surface area contributed by atoms with Gasteiger partial charge in [0.05, 0.1) is 0 Å². The largest absolute Gasteiger partial charge is 0.356 e. The fourth-order valence-electron chi connectivity index (χ4n) is 1.51. The summed E-state index contributed by atoms with van der Waals surface area (Å²) in [7, 11) is 0. The van der Waals surface area contributed by atoms with Gasteiger partial charge in [-0.05, 0) is 25.8 Å². The predicted octanol–water partition coefficient (Wildman–Crippen LogP) is 0.655. The molecule has 2 N–H and O–H groups in total. The van der Waals surface area contributed by atoms with Crippen molar-refractivity contribution in [1.82, 2.24) is 10.6 Å². The second kappa shape index (κ2) is 5.14. The van der Waals surface area contributed by atoms with E-state index in [4.69, 9.17) is 0 Å². The zero-order chi connectivity index (χ0) is 8.81. The minimum Gasteiger partial charge on any atom is -0.356 e. The molecule has 0 saturated carbocycles. The second-order valence-corrected chi connectivity index (χ2v) is 3.29. The number of carbonyl (C=O) groups is 1. The Labute approximate surface area is 73.9 Å². The van der Waals surface area contributed by atoms with Gasteiger partial charge in [-0.2, -0.15) is 0 Å². The zero-order valence-electron chi connectivity index (χ0n) is 7.73. The highest BCUT2D eigenvalue weighted by molar-refractivity contribution is 5.75. The first-order valence-electron chi connectivity index (χ1n) is 4.83. The average Bonchev–Trinajstić information content (AvgIpc) is 2.57. The van der Waals surface area contributed by atoms with Gasteiger partial charge in [-0.1, -0.05) is 6.92 Å². The van der Waals surface area contributed by atoms with Gasteiger partial charge in [0, 0.05) is 19.0 Å². The Morgan fingerprint density at radius 3 is 3.08 bits per heavy atom. The molecule has 1 heterocycles. The first-order valence-corrected chi connectivity index (χ1v) is 4.83. The van der Waals surface area contributed by atoms with E-state index in [-0.39, 0.29) is 5.91 Å². The first-order chi connectivity index (χ1) is 5.83. The van der Waals surface area contributed by atoms with Crippen molar-refractivity contribution in [1.29, 1.82) is 0 Å². The normalized spacial score (nSPS) is 22.6. The van der Waals surface area contributed by atoms with Crippen molar-refractivity contribution in [2.24, 2.45) is 0 Å². The standard InChI is InChI=1S/C9H18N2O/c1-2-9(12)11-7-5-8-4-3-6-10-8/h8,10H,2-7H2,1H3,(H,11,12)/t8-/m0/s1. The van der Waals surface area contributed by atoms with E-state index in [2.05, 4.69) is 10.6 Å². The molecule has 0 aromatic heterocycles. The van der Waals surface area contributed by atoms with Gasteiger partial charge in [-0.15, -0.1) is 0 Å². The first kappa shape index (κ1) is 9.52. The summed E-state index contributed by atoms with van der Waals surface area (Å²) in [4.78, 5) is 10.9. The van der Waals surface area contributed by atoms with Crippen molar-refractivity contribution in [3.05, 3.63) is 0 Å². The summed E-state index contributed by atoms with van der Waals surface area (Å²) in [5, 5.41) is 6.28. The topological polar surface area (TPSA) is 41.1 Å². The smallest absolute Gasteiger partial charge is 0.219 e. The third kappa shape index (κ3) is 3.22. The van der Waals surface area contributed by atoms with Crippen molar-refractivity contribution < 1.29 is 4.79 Å². The summed E-state index contributed by atoms with van der Waals surface area (Å²) < 4.78 is 0. The van der Waals surface area contributed by atoms with Crippen LogP contribution in [0.3, 0.4) is 0 Å². The number of nitrogens with one attached hydrogen (secondary N) is 2. The summed E-state index contributed by atoms with van der Waals surface area (Å²) >= 11 is 0. The van der Waals surface area contributed by atoms with Gasteiger partial charge in [0.2, 0.25) is 5.91 Å². The Hall–Kier alpha value is -0.570. The molecule has 1 fully saturated rings. The van der Waals surface area contributed by atoms with E-state index in [0.29, 0.717) is 12.5 Å². The van der Waals surface area contributed by atoms with Crippen molar-refractivity contribution in [3.63, 3.8) is 0 Å². The van der Waals surface area contributed by atoms with Gasteiger partial charge >= 0.3 is 0 Å². The average molecular weight is 170 g/mol. The van der Waals surface area contributed by atoms with Crippen molar-refractivity contribution in [3.8, 4) is 0 Å². The van der Waals surface area contributed by atoms with Crippen molar-refractivity contribution >= 4 is 5.91 Å². The Bertz CT molecular complexity index is 141. The lowest BCUT2D eigenvalue weighted by atomic mass is 10.1. The van der Waals surface area contributed by atoms with Crippen LogP contribution in [0.15, 0.2) is 0 Å². The molecule has 3 nitrogen and oxygen atoms in total. The maximum atomic E-state index is 10.9. The molecule has 0 radical (unpaired) electrons. The highest BCUT2D eigenvalue weighted by Crippen LogP contribution is 2.07. The minimum atomic E-state index is 0.160. The molecule has 0 aromatic rings. The molecule has 1 atom stereocenters. The second-order valence-electron chi connectivity index (χ2n) is 3.29. The van der Waals surface area contributed by atoms with Gasteiger partial charge in [-0.25, -0.2) is 0 Å². The molecule has 1 amide bonds. The molecular formula is C9H18N2O. The predicted molar refractivity (Wildman–Crippen MR) is 48.9 cm³/mol. The van der Waals surface area contributed by atoms with Gasteiger partial charge in [0.15, 0.2) is 0 Å². The fraction of sp³-hybridized carbons (Fsp3) is 0.889. The molecular weight excluding hydrogens is 152 g/mol. The van der Waals surface area contributed by atoms with Crippen LogP contribution in [-0.4, -0.2) is 25.0 Å². The Balaban J connectivity index is 1.97. The zero-order valence-corrected chi connectivity index (χ0v) is 7.73. The van der Waals surface area contributed by atoms with Crippen LogP contribution in [0.2, 0.25) is 0 Å². The van der Waals surface area contributed by atoms with E-state index >= 15 is 0 Å². The van der Waals surface area contributed by atoms with E-state index < -0.39 is 0 Å². The van der Waals surface area contributed by atoms with Crippen molar-refractivity contribution in [2.45, 2.75) is 38.6 Å². The molecule has 3 heteroatoms. The van der Waals surface area contributed by atoms with Crippen LogP contribution >= 0.6 is 0 Å². The lowest BCUT2D eigenvalue weighted by molar-refractivity contribution is -0.120. The molecule has 1 rings (SSSR count).